The molecule has 0 bridgehead atoms. The van der Waals surface area contributed by atoms with Gasteiger partial charge in [0.2, 0.25) is 0 Å². The van der Waals surface area contributed by atoms with Crippen molar-refractivity contribution in [3.63, 3.8) is 0 Å². The van der Waals surface area contributed by atoms with Crippen LogP contribution in [0.25, 0.3) is 0 Å². The highest BCUT2D eigenvalue weighted by atomic mass is 35.5. The number of aliphatic carboxylic acids is 1. The third kappa shape index (κ3) is 6.68. The molecule has 1 fully saturated rings. The van der Waals surface area contributed by atoms with Crippen LogP contribution in [0.2, 0.25) is 5.02 Å². The van der Waals surface area contributed by atoms with E-state index in [-0.39, 0.29) is 30.6 Å². The fourth-order valence-electron chi connectivity index (χ4n) is 3.15. The molecule has 0 aromatic heterocycles. The van der Waals surface area contributed by atoms with Crippen molar-refractivity contribution < 1.29 is 19.4 Å². The van der Waals surface area contributed by atoms with Crippen LogP contribution in [0.1, 0.15) is 31.9 Å². The van der Waals surface area contributed by atoms with E-state index in [1.54, 1.807) is 7.05 Å². The van der Waals surface area contributed by atoms with E-state index in [0.29, 0.717) is 18.2 Å². The minimum atomic E-state index is -0.927. The molecule has 1 atom stereocenters. The van der Waals surface area contributed by atoms with E-state index in [4.69, 9.17) is 21.4 Å². The number of urea groups is 1. The van der Waals surface area contributed by atoms with Crippen LogP contribution >= 0.6 is 11.6 Å². The Hall–Kier alpha value is -1.83. The van der Waals surface area contributed by atoms with E-state index >= 15 is 0 Å². The van der Waals surface area contributed by atoms with Crippen LogP contribution in [0.15, 0.2) is 24.3 Å². The first-order valence-electron chi connectivity index (χ1n) is 9.02. The molecule has 8 heteroatoms. The molecule has 1 unspecified atom stereocenters. The van der Waals surface area contributed by atoms with Gasteiger partial charge in [-0.05, 0) is 31.5 Å². The number of nitrogens with one attached hydrogen (secondary N) is 1. The summed E-state index contributed by atoms with van der Waals surface area (Å²) in [4.78, 5) is 26.7. The van der Waals surface area contributed by atoms with Crippen molar-refractivity contribution in [3.05, 3.63) is 34.9 Å². The molecule has 150 valence electrons. The number of carboxylic acid groups (broad SMARTS) is 1. The first-order valence-corrected chi connectivity index (χ1v) is 9.40. The lowest BCUT2D eigenvalue weighted by molar-refractivity contribution is -0.137. The normalized spacial score (nSPS) is 17.9. The van der Waals surface area contributed by atoms with E-state index < -0.39 is 5.97 Å². The number of carbonyl (C=O) groups excluding carboxylic acids is 1. The van der Waals surface area contributed by atoms with Crippen LogP contribution < -0.4 is 5.32 Å². The van der Waals surface area contributed by atoms with Crippen molar-refractivity contribution in [3.8, 4) is 0 Å². The first-order chi connectivity index (χ1) is 12.7. The molecule has 27 heavy (non-hydrogen) atoms. The zero-order valence-electron chi connectivity index (χ0n) is 16.1. The van der Waals surface area contributed by atoms with Crippen molar-refractivity contribution in [2.24, 2.45) is 0 Å². The fraction of sp³-hybridized carbons (Fsp3) is 0.579. The Kier molecular flexibility index (Phi) is 7.47. The molecule has 1 heterocycles. The Morgan fingerprint density at radius 1 is 1.37 bits per heavy atom. The molecule has 2 N–H and O–H groups in total. The van der Waals surface area contributed by atoms with Crippen molar-refractivity contribution in [2.75, 3.05) is 39.8 Å². The molecule has 2 amide bonds. The average molecular weight is 398 g/mol. The van der Waals surface area contributed by atoms with Crippen LogP contribution in [-0.2, 0) is 9.53 Å². The molecular weight excluding hydrogens is 370 g/mol. The van der Waals surface area contributed by atoms with Crippen molar-refractivity contribution >= 4 is 23.6 Å². The average Bonchev–Trinajstić information content (AvgIpc) is 2.60. The van der Waals surface area contributed by atoms with Gasteiger partial charge in [0.15, 0.2) is 0 Å². The standard InChI is InChI=1S/C19H28ClN3O4/c1-19(2)13-23(10-11-27-19)16(14-4-6-15(20)7-5-14)12-21-18(26)22(3)9-8-17(24)25/h4-7,16H,8-13H2,1-3H3,(H,21,26)(H,24,25). The lowest BCUT2D eigenvalue weighted by atomic mass is 10.0. The van der Waals surface area contributed by atoms with Gasteiger partial charge in [-0.3, -0.25) is 9.69 Å². The van der Waals surface area contributed by atoms with Crippen LogP contribution in [0.5, 0.6) is 0 Å². The number of hydrogen-bond donors (Lipinski definition) is 2. The molecule has 0 spiro atoms. The van der Waals surface area contributed by atoms with Crippen molar-refractivity contribution in [1.82, 2.24) is 15.1 Å². The lowest BCUT2D eigenvalue weighted by Crippen LogP contribution is -2.52. The number of carboxylic acids is 1. The second-order valence-electron chi connectivity index (χ2n) is 7.40. The topological polar surface area (TPSA) is 82.1 Å². The number of nitrogens with zero attached hydrogens (tertiary/aromatic N) is 2. The molecule has 1 aliphatic heterocycles. The molecule has 2 rings (SSSR count). The number of halogens is 1. The summed E-state index contributed by atoms with van der Waals surface area (Å²) in [6.45, 7) is 6.81. The maximum Gasteiger partial charge on any atom is 0.317 e. The molecule has 0 aliphatic carbocycles. The SMILES string of the molecule is CN(CCC(=O)O)C(=O)NCC(c1ccc(Cl)cc1)N1CCOC(C)(C)C1. The largest absolute Gasteiger partial charge is 0.481 e. The highest BCUT2D eigenvalue weighted by molar-refractivity contribution is 6.30. The first kappa shape index (κ1) is 21.5. The van der Waals surface area contributed by atoms with Crippen LogP contribution in [0.3, 0.4) is 0 Å². The Bertz CT molecular complexity index is 651. The number of carbonyl (C=O) groups is 2. The summed E-state index contributed by atoms with van der Waals surface area (Å²) in [5, 5.41) is 12.4. The minimum absolute atomic E-state index is 0.0257. The number of hydrogen-bond acceptors (Lipinski definition) is 4. The van der Waals surface area contributed by atoms with Gasteiger partial charge in [0.05, 0.1) is 24.7 Å². The smallest absolute Gasteiger partial charge is 0.317 e. The van der Waals surface area contributed by atoms with Gasteiger partial charge in [-0.15, -0.1) is 0 Å². The van der Waals surface area contributed by atoms with E-state index in [0.717, 1.165) is 18.7 Å². The number of morpholine rings is 1. The maximum absolute atomic E-state index is 12.3. The van der Waals surface area contributed by atoms with Gasteiger partial charge >= 0.3 is 12.0 Å². The predicted octanol–water partition coefficient (Wildman–Crippen LogP) is 2.61. The van der Waals surface area contributed by atoms with Crippen LogP contribution in [-0.4, -0.2) is 72.3 Å². The van der Waals surface area contributed by atoms with Crippen molar-refractivity contribution in [1.29, 1.82) is 0 Å². The van der Waals surface area contributed by atoms with Crippen molar-refractivity contribution in [2.45, 2.75) is 31.9 Å². The highest BCUT2D eigenvalue weighted by Gasteiger charge is 2.32. The Morgan fingerprint density at radius 2 is 2.04 bits per heavy atom. The van der Waals surface area contributed by atoms with E-state index in [9.17, 15) is 9.59 Å². The summed E-state index contributed by atoms with van der Waals surface area (Å²) < 4.78 is 5.80. The van der Waals surface area contributed by atoms with E-state index in [1.165, 1.54) is 4.90 Å². The summed E-state index contributed by atoms with van der Waals surface area (Å²) >= 11 is 6.02. The van der Waals surface area contributed by atoms with Crippen LogP contribution in [0.4, 0.5) is 4.79 Å². The maximum atomic E-state index is 12.3. The summed E-state index contributed by atoms with van der Waals surface area (Å²) in [5.41, 5.74) is 0.802. The molecule has 0 radical (unpaired) electrons. The lowest BCUT2D eigenvalue weighted by Gasteiger charge is -2.42. The van der Waals surface area contributed by atoms with Gasteiger partial charge in [0, 0.05) is 38.2 Å². The Balaban J connectivity index is 2.07. The van der Waals surface area contributed by atoms with Gasteiger partial charge in [-0.2, -0.15) is 0 Å². The van der Waals surface area contributed by atoms with Gasteiger partial charge in [-0.1, -0.05) is 23.7 Å². The molecule has 1 aliphatic rings. The molecule has 1 aromatic carbocycles. The summed E-state index contributed by atoms with van der Waals surface area (Å²) in [6, 6.07) is 7.31. The minimum Gasteiger partial charge on any atom is -0.481 e. The second kappa shape index (κ2) is 9.39. The van der Waals surface area contributed by atoms with Gasteiger partial charge in [-0.25, -0.2) is 4.79 Å². The quantitative estimate of drug-likeness (QED) is 0.739. The number of rotatable bonds is 7. The monoisotopic (exact) mass is 397 g/mol. The van der Waals surface area contributed by atoms with Gasteiger partial charge in [0.1, 0.15) is 0 Å². The van der Waals surface area contributed by atoms with Gasteiger partial charge in [0.25, 0.3) is 0 Å². The third-order valence-electron chi connectivity index (χ3n) is 4.61. The predicted molar refractivity (Wildman–Crippen MR) is 104 cm³/mol. The highest BCUT2D eigenvalue weighted by Crippen LogP contribution is 2.27. The Labute approximate surface area is 165 Å². The number of amides is 2. The second-order valence-corrected chi connectivity index (χ2v) is 7.83. The summed E-state index contributed by atoms with van der Waals surface area (Å²) in [6.07, 6.45) is -0.0812. The van der Waals surface area contributed by atoms with Crippen LogP contribution in [0, 0.1) is 0 Å². The molecule has 1 aromatic rings. The van der Waals surface area contributed by atoms with E-state index in [2.05, 4.69) is 24.1 Å². The molecular formula is C19H28ClN3O4. The zero-order chi connectivity index (χ0) is 20.0. The summed E-state index contributed by atoms with van der Waals surface area (Å²) in [5.74, 6) is -0.927. The molecule has 1 saturated heterocycles. The van der Waals surface area contributed by atoms with Gasteiger partial charge < -0.3 is 20.1 Å². The summed E-state index contributed by atoms with van der Waals surface area (Å²) in [7, 11) is 1.59. The molecule has 0 saturated carbocycles. The third-order valence-corrected chi connectivity index (χ3v) is 4.86. The van der Waals surface area contributed by atoms with E-state index in [1.807, 2.05) is 24.3 Å². The Morgan fingerprint density at radius 3 is 2.63 bits per heavy atom. The molecule has 7 nitrogen and oxygen atoms in total. The fourth-order valence-corrected chi connectivity index (χ4v) is 3.27. The number of benzene rings is 1. The zero-order valence-corrected chi connectivity index (χ0v) is 16.8. The number of ether oxygens (including phenoxy) is 1.